The van der Waals surface area contributed by atoms with Gasteiger partial charge in [0.2, 0.25) is 0 Å². The van der Waals surface area contributed by atoms with Crippen molar-refractivity contribution in [3.63, 3.8) is 0 Å². The van der Waals surface area contributed by atoms with Gasteiger partial charge in [0.25, 0.3) is 5.91 Å². The first-order valence-corrected chi connectivity index (χ1v) is 6.13. The second-order valence-corrected chi connectivity index (χ2v) is 4.40. The molecule has 0 atom stereocenters. The molecular formula is C15H17N3O. The number of hydrogen-bond donors (Lipinski definition) is 2. The Bertz CT molecular complexity index is 608. The molecule has 0 saturated heterocycles. The van der Waals surface area contributed by atoms with Crippen LogP contribution in [0, 0.1) is 13.8 Å². The molecule has 1 aromatic heterocycles. The molecule has 2 rings (SSSR count). The second kappa shape index (κ2) is 5.52. The molecule has 19 heavy (non-hydrogen) atoms. The Balaban J connectivity index is 2.23. The van der Waals surface area contributed by atoms with E-state index in [4.69, 9.17) is 0 Å². The van der Waals surface area contributed by atoms with Crippen LogP contribution in [-0.4, -0.2) is 17.9 Å². The molecule has 98 valence electrons. The number of carbonyl (C=O) groups excluding carboxylic acids is 1. The van der Waals surface area contributed by atoms with Crippen molar-refractivity contribution in [1.82, 2.24) is 4.98 Å². The zero-order valence-corrected chi connectivity index (χ0v) is 11.3. The van der Waals surface area contributed by atoms with Crippen LogP contribution in [0.1, 0.15) is 21.5 Å². The summed E-state index contributed by atoms with van der Waals surface area (Å²) in [5.41, 5.74) is 3.68. The van der Waals surface area contributed by atoms with Crippen molar-refractivity contribution in [2.24, 2.45) is 0 Å². The monoisotopic (exact) mass is 255 g/mol. The summed E-state index contributed by atoms with van der Waals surface area (Å²) in [6.45, 7) is 4.06. The molecule has 0 aliphatic carbocycles. The number of benzene rings is 1. The van der Waals surface area contributed by atoms with Crippen molar-refractivity contribution in [3.05, 3.63) is 53.2 Å². The summed E-state index contributed by atoms with van der Waals surface area (Å²) in [5, 5.41) is 5.79. The predicted octanol–water partition coefficient (Wildman–Crippen LogP) is 2.99. The predicted molar refractivity (Wildman–Crippen MR) is 77.7 cm³/mol. The molecule has 0 unspecified atom stereocenters. The van der Waals surface area contributed by atoms with Crippen molar-refractivity contribution in [1.29, 1.82) is 0 Å². The van der Waals surface area contributed by atoms with Gasteiger partial charge in [0.1, 0.15) is 5.82 Å². The number of anilines is 2. The largest absolute Gasteiger partial charge is 0.372 e. The summed E-state index contributed by atoms with van der Waals surface area (Å²) < 4.78 is 0. The van der Waals surface area contributed by atoms with Crippen molar-refractivity contribution in [2.75, 3.05) is 17.7 Å². The molecule has 0 radical (unpaired) electrons. The second-order valence-electron chi connectivity index (χ2n) is 4.40. The van der Waals surface area contributed by atoms with Gasteiger partial charge in [-0.05, 0) is 49.2 Å². The Morgan fingerprint density at radius 3 is 2.63 bits per heavy atom. The van der Waals surface area contributed by atoms with E-state index in [9.17, 15) is 4.79 Å². The number of pyridine rings is 1. The first kappa shape index (κ1) is 13.1. The van der Waals surface area contributed by atoms with Gasteiger partial charge in [-0.15, -0.1) is 0 Å². The minimum Gasteiger partial charge on any atom is -0.372 e. The van der Waals surface area contributed by atoms with E-state index in [2.05, 4.69) is 15.6 Å². The van der Waals surface area contributed by atoms with Gasteiger partial charge in [0.05, 0.1) is 5.56 Å². The Morgan fingerprint density at radius 2 is 1.95 bits per heavy atom. The Morgan fingerprint density at radius 1 is 1.16 bits per heavy atom. The first-order chi connectivity index (χ1) is 9.11. The topological polar surface area (TPSA) is 54.0 Å². The molecule has 4 nitrogen and oxygen atoms in total. The Labute approximate surface area is 112 Å². The molecule has 1 heterocycles. The van der Waals surface area contributed by atoms with Gasteiger partial charge in [0, 0.05) is 18.9 Å². The van der Waals surface area contributed by atoms with Gasteiger partial charge >= 0.3 is 0 Å². The van der Waals surface area contributed by atoms with E-state index in [1.807, 2.05) is 32.0 Å². The number of aromatic nitrogens is 1. The zero-order valence-electron chi connectivity index (χ0n) is 11.3. The number of carbonyl (C=O) groups is 1. The van der Waals surface area contributed by atoms with Crippen LogP contribution in [0.25, 0.3) is 0 Å². The van der Waals surface area contributed by atoms with E-state index in [0.717, 1.165) is 11.3 Å². The summed E-state index contributed by atoms with van der Waals surface area (Å²) in [6, 6.07) is 9.34. The van der Waals surface area contributed by atoms with Gasteiger partial charge in [-0.2, -0.15) is 0 Å². The van der Waals surface area contributed by atoms with E-state index in [1.54, 1.807) is 25.4 Å². The highest BCUT2D eigenvalue weighted by Gasteiger charge is 2.11. The fourth-order valence-corrected chi connectivity index (χ4v) is 1.81. The molecule has 0 spiro atoms. The third-order valence-corrected chi connectivity index (χ3v) is 3.05. The molecule has 0 bridgehead atoms. The van der Waals surface area contributed by atoms with Crippen LogP contribution in [0.15, 0.2) is 36.5 Å². The molecule has 2 N–H and O–H groups in total. The van der Waals surface area contributed by atoms with Crippen LogP contribution in [0.3, 0.4) is 0 Å². The molecule has 0 saturated carbocycles. The molecule has 1 aromatic carbocycles. The molecule has 2 aromatic rings. The van der Waals surface area contributed by atoms with Crippen LogP contribution < -0.4 is 10.6 Å². The van der Waals surface area contributed by atoms with Crippen LogP contribution in [-0.2, 0) is 0 Å². The molecule has 0 fully saturated rings. The van der Waals surface area contributed by atoms with E-state index >= 15 is 0 Å². The van der Waals surface area contributed by atoms with Crippen LogP contribution in [0.5, 0.6) is 0 Å². The summed E-state index contributed by atoms with van der Waals surface area (Å²) in [7, 11) is 1.75. The van der Waals surface area contributed by atoms with Gasteiger partial charge < -0.3 is 10.6 Å². The number of rotatable bonds is 3. The number of aryl methyl sites for hydroxylation is 2. The minimum atomic E-state index is -0.166. The highest BCUT2D eigenvalue weighted by Crippen LogP contribution is 2.17. The number of hydrogen-bond acceptors (Lipinski definition) is 3. The standard InChI is InChI=1S/C15H17N3O/c1-10-6-7-12(9-11(10)2)18-15(19)13-5-4-8-17-14(13)16-3/h4-9H,1-3H3,(H,16,17)(H,18,19). The Hall–Kier alpha value is -2.36. The lowest BCUT2D eigenvalue weighted by Gasteiger charge is -2.10. The SMILES string of the molecule is CNc1ncccc1C(=O)Nc1ccc(C)c(C)c1. The number of amides is 1. The van der Waals surface area contributed by atoms with Gasteiger partial charge in [-0.3, -0.25) is 4.79 Å². The van der Waals surface area contributed by atoms with Crippen molar-refractivity contribution in [3.8, 4) is 0 Å². The maximum atomic E-state index is 12.2. The maximum Gasteiger partial charge on any atom is 0.259 e. The first-order valence-electron chi connectivity index (χ1n) is 6.13. The van der Waals surface area contributed by atoms with E-state index in [-0.39, 0.29) is 5.91 Å². The number of nitrogens with one attached hydrogen (secondary N) is 2. The number of nitrogens with zero attached hydrogens (tertiary/aromatic N) is 1. The summed E-state index contributed by atoms with van der Waals surface area (Å²) in [6.07, 6.45) is 1.65. The fraction of sp³-hybridized carbons (Fsp3) is 0.200. The molecule has 1 amide bonds. The molecule has 4 heteroatoms. The zero-order chi connectivity index (χ0) is 13.8. The quantitative estimate of drug-likeness (QED) is 0.886. The van der Waals surface area contributed by atoms with E-state index < -0.39 is 0 Å². The minimum absolute atomic E-state index is 0.166. The normalized spacial score (nSPS) is 10.1. The third kappa shape index (κ3) is 2.91. The van der Waals surface area contributed by atoms with E-state index in [1.165, 1.54) is 5.56 Å². The lowest BCUT2D eigenvalue weighted by molar-refractivity contribution is 0.102. The van der Waals surface area contributed by atoms with Crippen LogP contribution in [0.4, 0.5) is 11.5 Å². The van der Waals surface area contributed by atoms with Crippen molar-refractivity contribution >= 4 is 17.4 Å². The Kier molecular flexibility index (Phi) is 3.80. The third-order valence-electron chi connectivity index (χ3n) is 3.05. The maximum absolute atomic E-state index is 12.2. The smallest absolute Gasteiger partial charge is 0.259 e. The molecule has 0 aliphatic rings. The summed E-state index contributed by atoms with van der Waals surface area (Å²) in [5.74, 6) is 0.407. The van der Waals surface area contributed by atoms with Gasteiger partial charge in [0.15, 0.2) is 0 Å². The fourth-order valence-electron chi connectivity index (χ4n) is 1.81. The summed E-state index contributed by atoms with van der Waals surface area (Å²) >= 11 is 0. The molecular weight excluding hydrogens is 238 g/mol. The van der Waals surface area contributed by atoms with Gasteiger partial charge in [-0.1, -0.05) is 6.07 Å². The highest BCUT2D eigenvalue weighted by atomic mass is 16.1. The summed E-state index contributed by atoms with van der Waals surface area (Å²) in [4.78, 5) is 16.3. The highest BCUT2D eigenvalue weighted by molar-refractivity contribution is 6.07. The van der Waals surface area contributed by atoms with E-state index in [0.29, 0.717) is 11.4 Å². The van der Waals surface area contributed by atoms with Crippen molar-refractivity contribution in [2.45, 2.75) is 13.8 Å². The van der Waals surface area contributed by atoms with Crippen LogP contribution >= 0.6 is 0 Å². The van der Waals surface area contributed by atoms with Gasteiger partial charge in [-0.25, -0.2) is 4.98 Å². The van der Waals surface area contributed by atoms with Crippen molar-refractivity contribution < 1.29 is 4.79 Å². The average molecular weight is 255 g/mol. The lowest BCUT2D eigenvalue weighted by atomic mass is 10.1. The molecule has 0 aliphatic heterocycles. The van der Waals surface area contributed by atoms with Crippen LogP contribution in [0.2, 0.25) is 0 Å². The lowest BCUT2D eigenvalue weighted by Crippen LogP contribution is -2.14. The average Bonchev–Trinajstić information content (AvgIpc) is 2.43.